The second-order valence-electron chi connectivity index (χ2n) is 19.8. The summed E-state index contributed by atoms with van der Waals surface area (Å²) in [6.07, 6.45) is 5.63. The number of nitrogens with one attached hydrogen (secondary N) is 8. The van der Waals surface area contributed by atoms with Crippen LogP contribution in [-0.2, 0) is 64.0 Å². The van der Waals surface area contributed by atoms with Gasteiger partial charge in [0.05, 0.1) is 12.6 Å². The predicted molar refractivity (Wildman–Crippen MR) is 313 cm³/mol. The summed E-state index contributed by atoms with van der Waals surface area (Å²) in [5.74, 6) is -7.06. The average molecular weight is 1140 g/mol. The molecule has 7 amide bonds. The number of rotatable bonds is 17. The number of aromatic nitrogens is 2. The molecule has 0 spiro atoms. The molecule has 0 unspecified atom stereocenters. The highest BCUT2D eigenvalue weighted by Crippen LogP contribution is 2.25. The van der Waals surface area contributed by atoms with E-state index in [4.69, 9.17) is 11.5 Å². The van der Waals surface area contributed by atoms with Crippen molar-refractivity contribution >= 4 is 101 Å². The molecule has 0 saturated carbocycles. The van der Waals surface area contributed by atoms with E-state index in [0.717, 1.165) is 59.6 Å². The number of hydrogen-bond acceptors (Lipinski definition) is 13. The van der Waals surface area contributed by atoms with E-state index in [1.54, 1.807) is 30.6 Å². The molecular formula is C59H65N11O9S2. The van der Waals surface area contributed by atoms with Gasteiger partial charge < -0.3 is 58.8 Å². The summed E-state index contributed by atoms with van der Waals surface area (Å²) in [7, 11) is 2.09. The number of benzene rings is 5. The molecule has 1 aliphatic heterocycles. The van der Waals surface area contributed by atoms with E-state index in [2.05, 4.69) is 47.2 Å². The van der Waals surface area contributed by atoms with Crippen molar-refractivity contribution < 1.29 is 43.5 Å². The summed E-state index contributed by atoms with van der Waals surface area (Å²) in [6, 6.07) is 28.0. The Morgan fingerprint density at radius 1 is 0.667 bits per heavy atom. The second kappa shape index (κ2) is 28.7. The second-order valence-corrected chi connectivity index (χ2v) is 22.4. The summed E-state index contributed by atoms with van der Waals surface area (Å²) in [5, 5.41) is 33.9. The molecule has 81 heavy (non-hydrogen) atoms. The number of carbonyl (C=O) groups is 8. The van der Waals surface area contributed by atoms with Gasteiger partial charge in [0.2, 0.25) is 41.4 Å². The minimum atomic E-state index is -1.43. The third-order valence-electron chi connectivity index (χ3n) is 13.8. The number of nitrogens with two attached hydrogens (primary N) is 2. The van der Waals surface area contributed by atoms with Crippen LogP contribution in [0.15, 0.2) is 140 Å². The third-order valence-corrected chi connectivity index (χ3v) is 16.3. The Balaban J connectivity index is 1.10. The van der Waals surface area contributed by atoms with E-state index in [1.165, 1.54) is 6.20 Å². The molecule has 0 radical (unpaired) electrons. The fraction of sp³-hybridized carbons (Fsp3) is 0.305. The van der Waals surface area contributed by atoms with E-state index >= 15 is 0 Å². The van der Waals surface area contributed by atoms with Gasteiger partial charge in [-0.2, -0.15) is 0 Å². The molecule has 20 nitrogen and oxygen atoms in total. The van der Waals surface area contributed by atoms with Crippen molar-refractivity contribution in [1.29, 1.82) is 0 Å². The number of carboxylic acids is 1. The lowest BCUT2D eigenvalue weighted by Gasteiger charge is -2.27. The Bertz CT molecular complexity index is 3380. The minimum Gasteiger partial charge on any atom is -0.480 e. The van der Waals surface area contributed by atoms with Crippen LogP contribution in [0.1, 0.15) is 41.5 Å². The molecule has 2 aromatic heterocycles. The maximum absolute atomic E-state index is 14.8. The highest BCUT2D eigenvalue weighted by Gasteiger charge is 2.34. The average Bonchev–Trinajstić information content (AvgIpc) is 4.02. The molecule has 5 aromatic carbocycles. The minimum absolute atomic E-state index is 0.0647. The van der Waals surface area contributed by atoms with E-state index in [-0.39, 0.29) is 43.6 Å². The van der Waals surface area contributed by atoms with Crippen molar-refractivity contribution in [3.05, 3.63) is 162 Å². The number of aliphatic carboxylic acids is 1. The van der Waals surface area contributed by atoms with Crippen molar-refractivity contribution in [1.82, 2.24) is 47.2 Å². The summed E-state index contributed by atoms with van der Waals surface area (Å²) in [4.78, 5) is 121. The Kier molecular flexibility index (Phi) is 20.9. The molecule has 7 atom stereocenters. The Morgan fingerprint density at radius 3 is 1.98 bits per heavy atom. The molecule has 422 valence electrons. The Morgan fingerprint density at radius 2 is 1.30 bits per heavy atom. The fourth-order valence-electron chi connectivity index (χ4n) is 9.47. The number of carbonyl (C=O) groups excluding carboxylic acids is 7. The maximum Gasteiger partial charge on any atom is 0.326 e. The standard InChI is InChI=1S/C59H65N11O9S2/c60-22-8-7-17-46-54(73)64-32-52(71)65-50(57(76)69-49(59(78)79)27-36-19-21-39-12-2-4-14-41(39)25-36)33-80-81-34-51(70-53(72)44(61)26-35-18-20-38-11-1-3-13-40(38)24-35)58(77)67-47(28-37-10-9-23-62-30-37)55(74)68-48(56(75)66-46)29-42-31-63-45-16-6-5-15-43(42)45/h1-6,9-16,18-21,23-25,30-31,44,46-51,63H,7-8,17,22,26-29,32-34,60-61H2,(H,64,73)(H,65,71)(H,66,75)(H,67,77)(H,68,74)(H,69,76)(H,70,72)(H,78,79)/t44-,46-,47-,48+,49-,50-,51+/m0/s1. The monoisotopic (exact) mass is 1140 g/mol. The van der Waals surface area contributed by atoms with E-state index in [9.17, 15) is 43.5 Å². The van der Waals surface area contributed by atoms with Crippen LogP contribution in [0.4, 0.5) is 0 Å². The van der Waals surface area contributed by atoms with Crippen LogP contribution in [0.5, 0.6) is 0 Å². The molecule has 1 aliphatic rings. The molecular weight excluding hydrogens is 1070 g/mol. The zero-order chi connectivity index (χ0) is 57.3. The lowest BCUT2D eigenvalue weighted by atomic mass is 10.0. The first kappa shape index (κ1) is 58.8. The number of carboxylic acid groups (broad SMARTS) is 1. The van der Waals surface area contributed by atoms with Gasteiger partial charge >= 0.3 is 5.97 Å². The summed E-state index contributed by atoms with van der Waals surface area (Å²) < 4.78 is 0. The maximum atomic E-state index is 14.8. The number of unbranched alkanes of at least 4 members (excludes halogenated alkanes) is 1. The highest BCUT2D eigenvalue weighted by atomic mass is 33.1. The number of pyridine rings is 1. The summed E-state index contributed by atoms with van der Waals surface area (Å²) >= 11 is 0. The van der Waals surface area contributed by atoms with Crippen molar-refractivity contribution in [2.24, 2.45) is 11.5 Å². The third kappa shape index (κ3) is 16.6. The fourth-order valence-corrected chi connectivity index (χ4v) is 11.8. The number of nitrogens with zero attached hydrogens (tertiary/aromatic N) is 1. The zero-order valence-corrected chi connectivity index (χ0v) is 45.9. The van der Waals surface area contributed by atoms with E-state index < -0.39 is 96.2 Å². The topological polar surface area (TPSA) is 322 Å². The van der Waals surface area contributed by atoms with Crippen molar-refractivity contribution in [2.75, 3.05) is 24.6 Å². The van der Waals surface area contributed by atoms with Crippen LogP contribution in [0.2, 0.25) is 0 Å². The van der Waals surface area contributed by atoms with Crippen molar-refractivity contribution in [3.8, 4) is 0 Å². The first-order valence-electron chi connectivity index (χ1n) is 26.6. The largest absolute Gasteiger partial charge is 0.480 e. The number of para-hydroxylation sites is 1. The predicted octanol–water partition coefficient (Wildman–Crippen LogP) is 3.10. The number of fused-ring (bicyclic) bond motifs is 3. The SMILES string of the molecule is NCCCC[C@@H]1NC(=O)[C@@H](Cc2c[nH]c3ccccc23)NC(=O)[C@H](Cc2cccnc2)NC(=O)[C@H](NC(=O)[C@@H](N)Cc2ccc3ccccc3c2)CSSC[C@@H](C(=O)N[C@@H](Cc2ccc3ccccc3c2)C(=O)O)NC(=O)CNC1=O. The van der Waals surface area contributed by atoms with Crippen LogP contribution in [0.3, 0.4) is 0 Å². The summed E-state index contributed by atoms with van der Waals surface area (Å²) in [6.45, 7) is -0.357. The normalized spacial score (nSPS) is 19.7. The Labute approximate surface area is 475 Å². The molecule has 1 saturated heterocycles. The van der Waals surface area contributed by atoms with E-state index in [0.29, 0.717) is 36.1 Å². The zero-order valence-electron chi connectivity index (χ0n) is 44.2. The number of hydrogen-bond donors (Lipinski definition) is 11. The van der Waals surface area contributed by atoms with Gasteiger partial charge in [0.15, 0.2) is 0 Å². The van der Waals surface area contributed by atoms with Crippen LogP contribution in [0.25, 0.3) is 32.4 Å². The molecule has 22 heteroatoms. The smallest absolute Gasteiger partial charge is 0.326 e. The van der Waals surface area contributed by atoms with Crippen LogP contribution < -0.4 is 48.7 Å². The highest BCUT2D eigenvalue weighted by molar-refractivity contribution is 8.76. The van der Waals surface area contributed by atoms with Crippen molar-refractivity contribution in [2.45, 2.75) is 87.2 Å². The molecule has 13 N–H and O–H groups in total. The lowest BCUT2D eigenvalue weighted by Crippen LogP contribution is -2.60. The van der Waals surface area contributed by atoms with Gasteiger partial charge in [-0.15, -0.1) is 0 Å². The van der Waals surface area contributed by atoms with E-state index in [1.807, 2.05) is 103 Å². The van der Waals surface area contributed by atoms with Gasteiger partial charge in [-0.3, -0.25) is 38.5 Å². The Hall–Kier alpha value is -8.31. The van der Waals surface area contributed by atoms with Gasteiger partial charge in [-0.1, -0.05) is 131 Å². The van der Waals surface area contributed by atoms with Crippen LogP contribution in [0, 0.1) is 0 Å². The quantitative estimate of drug-likeness (QED) is 0.0462. The van der Waals surface area contributed by atoms with Gasteiger partial charge in [0.1, 0.15) is 36.3 Å². The van der Waals surface area contributed by atoms with Crippen molar-refractivity contribution in [3.63, 3.8) is 0 Å². The first-order valence-corrected chi connectivity index (χ1v) is 29.1. The summed E-state index contributed by atoms with van der Waals surface area (Å²) in [5.41, 5.74) is 15.8. The van der Waals surface area contributed by atoms with Gasteiger partial charge in [0.25, 0.3) is 0 Å². The van der Waals surface area contributed by atoms with Gasteiger partial charge in [-0.05, 0) is 88.2 Å². The van der Waals surface area contributed by atoms with Crippen LogP contribution in [-0.4, -0.2) is 129 Å². The van der Waals surface area contributed by atoms with Crippen LogP contribution >= 0.6 is 21.6 Å². The molecule has 0 bridgehead atoms. The van der Waals surface area contributed by atoms with Gasteiger partial charge in [0, 0.05) is 60.3 Å². The lowest BCUT2D eigenvalue weighted by molar-refractivity contribution is -0.142. The van der Waals surface area contributed by atoms with Gasteiger partial charge in [-0.25, -0.2) is 4.79 Å². The molecule has 1 fully saturated rings. The molecule has 7 aromatic rings. The first-order chi connectivity index (χ1) is 39.2. The number of aromatic amines is 1. The number of H-pyrrole nitrogens is 1. The molecule has 8 rings (SSSR count). The number of amides is 7. The molecule has 3 heterocycles. The molecule has 0 aliphatic carbocycles.